The summed E-state index contributed by atoms with van der Waals surface area (Å²) in [6.07, 6.45) is 3.71. The summed E-state index contributed by atoms with van der Waals surface area (Å²) in [6.45, 7) is 5.26. The second-order valence-electron chi connectivity index (χ2n) is 5.42. The number of para-hydroxylation sites is 1. The molecule has 0 aliphatic heterocycles. The number of nitrogens with zero attached hydrogens (tertiary/aromatic N) is 4. The van der Waals surface area contributed by atoms with Crippen LogP contribution < -0.4 is 0 Å². The molecule has 2 aromatic heterocycles. The summed E-state index contributed by atoms with van der Waals surface area (Å²) >= 11 is 0. The minimum absolute atomic E-state index is 0.0327. The maximum absolute atomic E-state index is 12.5. The van der Waals surface area contributed by atoms with Crippen LogP contribution in [0, 0.1) is 6.92 Å². The molecule has 0 bridgehead atoms. The van der Waals surface area contributed by atoms with Crippen molar-refractivity contribution in [2.75, 3.05) is 13.1 Å². The molecule has 1 aromatic carbocycles. The summed E-state index contributed by atoms with van der Waals surface area (Å²) in [6, 6.07) is 7.76. The topological polar surface area (TPSA) is 74.8 Å². The minimum atomic E-state index is -0.0327. The molecule has 0 saturated carbocycles. The van der Waals surface area contributed by atoms with Crippen molar-refractivity contribution >= 4 is 16.9 Å². The van der Waals surface area contributed by atoms with Gasteiger partial charge in [0.25, 0.3) is 5.91 Å². The average Bonchev–Trinajstić information content (AvgIpc) is 3.00. The van der Waals surface area contributed by atoms with Crippen molar-refractivity contribution in [1.29, 1.82) is 0 Å². The van der Waals surface area contributed by atoms with Crippen molar-refractivity contribution < 1.29 is 4.79 Å². The maximum Gasteiger partial charge on any atom is 0.255 e. The summed E-state index contributed by atoms with van der Waals surface area (Å²) in [5.74, 6) is 0.864. The Kier molecular flexibility index (Phi) is 4.32. The number of likely N-dealkylation sites (N-methyl/N-ethyl adjacent to an activating group) is 1. The van der Waals surface area contributed by atoms with E-state index in [1.54, 1.807) is 11.0 Å². The van der Waals surface area contributed by atoms with E-state index in [0.29, 0.717) is 25.1 Å². The first-order valence-electron chi connectivity index (χ1n) is 7.69. The fraction of sp³-hybridized carbons (Fsp3) is 0.294. The third-order valence-electron chi connectivity index (χ3n) is 3.88. The molecule has 0 spiro atoms. The number of carbonyl (C=O) groups excluding carboxylic acids is 1. The molecule has 23 heavy (non-hydrogen) atoms. The van der Waals surface area contributed by atoms with Crippen molar-refractivity contribution in [2.24, 2.45) is 0 Å². The molecule has 1 N–H and O–H groups in total. The third kappa shape index (κ3) is 3.21. The van der Waals surface area contributed by atoms with Gasteiger partial charge in [0.05, 0.1) is 29.0 Å². The Hall–Kier alpha value is -2.76. The molecule has 0 fully saturated rings. The van der Waals surface area contributed by atoms with Gasteiger partial charge in [-0.05, 0) is 31.5 Å². The van der Waals surface area contributed by atoms with Crippen LogP contribution >= 0.6 is 0 Å². The molecule has 0 aliphatic rings. The molecule has 3 aromatic rings. The van der Waals surface area contributed by atoms with E-state index in [1.165, 1.54) is 12.4 Å². The van der Waals surface area contributed by atoms with Crippen LogP contribution in [0.4, 0.5) is 0 Å². The van der Waals surface area contributed by atoms with Gasteiger partial charge in [-0.2, -0.15) is 10.2 Å². The normalized spacial score (nSPS) is 10.9. The minimum Gasteiger partial charge on any atom is -0.342 e. The number of aromatic amines is 1. The van der Waals surface area contributed by atoms with Gasteiger partial charge >= 0.3 is 0 Å². The third-order valence-corrected chi connectivity index (χ3v) is 3.88. The van der Waals surface area contributed by atoms with Crippen LogP contribution in [0.2, 0.25) is 0 Å². The van der Waals surface area contributed by atoms with Crippen LogP contribution in [0.25, 0.3) is 11.0 Å². The molecule has 118 valence electrons. The number of fused-ring (bicyclic) bond motifs is 1. The van der Waals surface area contributed by atoms with Crippen molar-refractivity contribution in [3.05, 3.63) is 53.6 Å². The number of hydrogen-bond acceptors (Lipinski definition) is 4. The van der Waals surface area contributed by atoms with Gasteiger partial charge in [-0.15, -0.1) is 0 Å². The zero-order valence-corrected chi connectivity index (χ0v) is 13.3. The van der Waals surface area contributed by atoms with Crippen molar-refractivity contribution in [2.45, 2.75) is 20.3 Å². The number of carbonyl (C=O) groups is 1. The van der Waals surface area contributed by atoms with Crippen molar-refractivity contribution in [3.8, 4) is 0 Å². The van der Waals surface area contributed by atoms with Crippen LogP contribution in [-0.4, -0.2) is 44.1 Å². The molecule has 0 atom stereocenters. The van der Waals surface area contributed by atoms with E-state index < -0.39 is 0 Å². The Bertz CT molecular complexity index is 812. The largest absolute Gasteiger partial charge is 0.342 e. The SMILES string of the molecule is CCN(CCc1nc2c(C)cccc2[nH]1)C(=O)c1ccnnc1. The number of imidazole rings is 1. The Morgan fingerprint density at radius 2 is 2.13 bits per heavy atom. The molecule has 0 radical (unpaired) electrons. The van der Waals surface area contributed by atoms with Gasteiger partial charge in [0.2, 0.25) is 0 Å². The van der Waals surface area contributed by atoms with Crippen molar-refractivity contribution in [3.63, 3.8) is 0 Å². The van der Waals surface area contributed by atoms with Gasteiger partial charge in [0.15, 0.2) is 0 Å². The van der Waals surface area contributed by atoms with Crippen LogP contribution in [-0.2, 0) is 6.42 Å². The number of rotatable bonds is 5. The first-order valence-corrected chi connectivity index (χ1v) is 7.69. The quantitative estimate of drug-likeness (QED) is 0.785. The predicted octanol–water partition coefficient (Wildman–Crippen LogP) is 2.37. The van der Waals surface area contributed by atoms with E-state index in [1.807, 2.05) is 32.0 Å². The molecule has 0 unspecified atom stereocenters. The molecule has 6 heteroatoms. The van der Waals surface area contributed by atoms with E-state index >= 15 is 0 Å². The zero-order chi connectivity index (χ0) is 16.2. The van der Waals surface area contributed by atoms with Gasteiger partial charge < -0.3 is 9.88 Å². The number of amides is 1. The van der Waals surface area contributed by atoms with E-state index in [2.05, 4.69) is 20.2 Å². The monoisotopic (exact) mass is 309 g/mol. The molecule has 0 aliphatic carbocycles. The van der Waals surface area contributed by atoms with Gasteiger partial charge in [-0.3, -0.25) is 4.79 Å². The highest BCUT2D eigenvalue weighted by atomic mass is 16.2. The molecule has 3 rings (SSSR count). The lowest BCUT2D eigenvalue weighted by atomic mass is 10.2. The summed E-state index contributed by atoms with van der Waals surface area (Å²) in [7, 11) is 0. The van der Waals surface area contributed by atoms with Gasteiger partial charge in [0, 0.05) is 19.5 Å². The van der Waals surface area contributed by atoms with Crippen LogP contribution in [0.5, 0.6) is 0 Å². The Morgan fingerprint density at radius 3 is 2.83 bits per heavy atom. The number of benzene rings is 1. The molecule has 2 heterocycles. The highest BCUT2D eigenvalue weighted by molar-refractivity contribution is 5.93. The maximum atomic E-state index is 12.5. The van der Waals surface area contributed by atoms with Crippen LogP contribution in [0.15, 0.2) is 36.7 Å². The van der Waals surface area contributed by atoms with Gasteiger partial charge in [-0.25, -0.2) is 4.98 Å². The van der Waals surface area contributed by atoms with Crippen LogP contribution in [0.3, 0.4) is 0 Å². The fourth-order valence-electron chi connectivity index (χ4n) is 2.59. The summed E-state index contributed by atoms with van der Waals surface area (Å²) < 4.78 is 0. The Balaban J connectivity index is 1.72. The lowest BCUT2D eigenvalue weighted by Gasteiger charge is -2.20. The van der Waals surface area contributed by atoms with Crippen molar-refractivity contribution in [1.82, 2.24) is 25.1 Å². The Labute approximate surface area is 134 Å². The number of nitrogens with one attached hydrogen (secondary N) is 1. The van der Waals surface area contributed by atoms with Crippen LogP contribution in [0.1, 0.15) is 28.7 Å². The summed E-state index contributed by atoms with van der Waals surface area (Å²) in [4.78, 5) is 22.2. The van der Waals surface area contributed by atoms with E-state index in [-0.39, 0.29) is 5.91 Å². The van der Waals surface area contributed by atoms with E-state index in [9.17, 15) is 4.79 Å². The summed E-state index contributed by atoms with van der Waals surface area (Å²) in [5.41, 5.74) is 3.74. The zero-order valence-electron chi connectivity index (χ0n) is 13.3. The molecule has 1 amide bonds. The number of aromatic nitrogens is 4. The first-order chi connectivity index (χ1) is 11.2. The lowest BCUT2D eigenvalue weighted by molar-refractivity contribution is 0.0765. The number of hydrogen-bond donors (Lipinski definition) is 1. The van der Waals surface area contributed by atoms with E-state index in [4.69, 9.17) is 0 Å². The highest BCUT2D eigenvalue weighted by Crippen LogP contribution is 2.16. The van der Waals surface area contributed by atoms with E-state index in [0.717, 1.165) is 22.4 Å². The first kappa shape index (κ1) is 15.1. The standard InChI is InChI=1S/C17H19N5O/c1-3-22(17(23)13-7-9-18-19-11-13)10-8-15-20-14-6-4-5-12(2)16(14)21-15/h4-7,9,11H,3,8,10H2,1-2H3,(H,20,21). The summed E-state index contributed by atoms with van der Waals surface area (Å²) in [5, 5.41) is 7.47. The second-order valence-corrected chi connectivity index (χ2v) is 5.42. The highest BCUT2D eigenvalue weighted by Gasteiger charge is 2.15. The Morgan fingerprint density at radius 1 is 1.26 bits per heavy atom. The lowest BCUT2D eigenvalue weighted by Crippen LogP contribution is -2.33. The predicted molar refractivity (Wildman–Crippen MR) is 88.1 cm³/mol. The van der Waals surface area contributed by atoms with Gasteiger partial charge in [0.1, 0.15) is 5.82 Å². The number of aryl methyl sites for hydroxylation is 1. The number of H-pyrrole nitrogens is 1. The average molecular weight is 309 g/mol. The smallest absolute Gasteiger partial charge is 0.255 e. The fourth-order valence-corrected chi connectivity index (χ4v) is 2.59. The molecular weight excluding hydrogens is 290 g/mol. The molecule has 0 saturated heterocycles. The molecular formula is C17H19N5O. The second kappa shape index (κ2) is 6.56. The van der Waals surface area contributed by atoms with Gasteiger partial charge in [-0.1, -0.05) is 12.1 Å². The molecule has 6 nitrogen and oxygen atoms in total.